The number of rotatable bonds is 10. The summed E-state index contributed by atoms with van der Waals surface area (Å²) in [6.07, 6.45) is 1.74. The van der Waals surface area contributed by atoms with E-state index in [0.29, 0.717) is 41.3 Å². The van der Waals surface area contributed by atoms with Gasteiger partial charge in [0.1, 0.15) is 0 Å². The van der Waals surface area contributed by atoms with Crippen LogP contribution >= 0.6 is 11.8 Å². The summed E-state index contributed by atoms with van der Waals surface area (Å²) in [5, 5.41) is 3.62. The number of ether oxygens (including phenoxy) is 2. The molecule has 1 aromatic heterocycles. The fourth-order valence-corrected chi connectivity index (χ4v) is 3.40. The molecule has 1 N–H and O–H groups in total. The van der Waals surface area contributed by atoms with E-state index in [-0.39, 0.29) is 17.2 Å². The molecule has 1 aromatic carbocycles. The third kappa shape index (κ3) is 5.56. The lowest BCUT2D eigenvalue weighted by atomic mass is 10.1. The average molecular weight is 407 g/mol. The number of nitrogens with zero attached hydrogens (tertiary/aromatic N) is 2. The minimum Gasteiger partial charge on any atom is -0.465 e. The molecule has 0 bridgehead atoms. The van der Waals surface area contributed by atoms with E-state index in [0.717, 1.165) is 12.8 Å². The van der Waals surface area contributed by atoms with E-state index >= 15 is 0 Å². The number of aromatic nitrogens is 2. The van der Waals surface area contributed by atoms with Crippen LogP contribution in [0.5, 0.6) is 0 Å². The number of unbranched alkanes of at least 4 members (excludes halogenated alkanes) is 1. The standard InChI is InChI=1S/C19H25N3O5S/c1-4-5-9-22-17(24)14-7-6-13(18(25)27-3)11-15(14)21-19(22)28-12-16(23)20-8-10-26-2/h6-7,11H,4-5,8-10,12H2,1-3H3,(H,20,23). The summed E-state index contributed by atoms with van der Waals surface area (Å²) in [6, 6.07) is 4.68. The number of carbonyl (C=O) groups excluding carboxylic acids is 2. The molecule has 0 aliphatic carbocycles. The lowest BCUT2D eigenvalue weighted by molar-refractivity contribution is -0.118. The molecule has 152 valence electrons. The predicted molar refractivity (Wildman–Crippen MR) is 108 cm³/mol. The number of hydrogen-bond acceptors (Lipinski definition) is 7. The minimum atomic E-state index is -0.495. The molecule has 1 heterocycles. The summed E-state index contributed by atoms with van der Waals surface area (Å²) in [4.78, 5) is 41.2. The van der Waals surface area contributed by atoms with Crippen molar-refractivity contribution in [2.24, 2.45) is 0 Å². The van der Waals surface area contributed by atoms with Crippen LogP contribution in [-0.2, 0) is 20.8 Å². The molecule has 28 heavy (non-hydrogen) atoms. The number of carbonyl (C=O) groups is 2. The van der Waals surface area contributed by atoms with Crippen molar-refractivity contribution in [2.75, 3.05) is 33.1 Å². The van der Waals surface area contributed by atoms with Gasteiger partial charge in [0.2, 0.25) is 5.91 Å². The smallest absolute Gasteiger partial charge is 0.337 e. The summed E-state index contributed by atoms with van der Waals surface area (Å²) >= 11 is 1.20. The van der Waals surface area contributed by atoms with Crippen molar-refractivity contribution in [3.8, 4) is 0 Å². The molecule has 8 nitrogen and oxygen atoms in total. The lowest BCUT2D eigenvalue weighted by Gasteiger charge is -2.13. The van der Waals surface area contributed by atoms with Gasteiger partial charge in [-0.2, -0.15) is 0 Å². The molecular weight excluding hydrogens is 382 g/mol. The lowest BCUT2D eigenvalue weighted by Crippen LogP contribution is -2.29. The molecule has 0 aliphatic heterocycles. The summed E-state index contributed by atoms with van der Waals surface area (Å²) in [6.45, 7) is 3.41. The molecule has 0 atom stereocenters. The van der Waals surface area contributed by atoms with Crippen LogP contribution < -0.4 is 10.9 Å². The van der Waals surface area contributed by atoms with Crippen LogP contribution in [0.2, 0.25) is 0 Å². The van der Waals surface area contributed by atoms with Gasteiger partial charge < -0.3 is 14.8 Å². The van der Waals surface area contributed by atoms with Gasteiger partial charge in [-0.1, -0.05) is 25.1 Å². The zero-order valence-corrected chi connectivity index (χ0v) is 17.1. The monoisotopic (exact) mass is 407 g/mol. The molecule has 9 heteroatoms. The van der Waals surface area contributed by atoms with E-state index < -0.39 is 5.97 Å². The van der Waals surface area contributed by atoms with E-state index in [2.05, 4.69) is 10.3 Å². The molecule has 0 spiro atoms. The normalized spacial score (nSPS) is 10.8. The Kier molecular flexibility index (Phi) is 8.46. The predicted octanol–water partition coefficient (Wildman–Crippen LogP) is 1.84. The second-order valence-electron chi connectivity index (χ2n) is 6.06. The number of nitrogens with one attached hydrogen (secondary N) is 1. The largest absolute Gasteiger partial charge is 0.465 e. The SMILES string of the molecule is CCCCn1c(SCC(=O)NCCOC)nc2cc(C(=O)OC)ccc2c1=O. The van der Waals surface area contributed by atoms with Gasteiger partial charge in [-0.3, -0.25) is 14.2 Å². The van der Waals surface area contributed by atoms with E-state index in [1.54, 1.807) is 23.8 Å². The quantitative estimate of drug-likeness (QED) is 0.278. The van der Waals surface area contributed by atoms with Gasteiger partial charge in [0.15, 0.2) is 5.16 Å². The Labute approximate surface area is 167 Å². The molecule has 0 unspecified atom stereocenters. The molecule has 0 radical (unpaired) electrons. The Balaban J connectivity index is 2.35. The molecule has 1 amide bonds. The fourth-order valence-electron chi connectivity index (χ4n) is 2.54. The highest BCUT2D eigenvalue weighted by Crippen LogP contribution is 2.19. The second kappa shape index (κ2) is 10.8. The van der Waals surface area contributed by atoms with Crippen LogP contribution in [0.3, 0.4) is 0 Å². The molecule has 2 aromatic rings. The highest BCUT2D eigenvalue weighted by Gasteiger charge is 2.15. The van der Waals surface area contributed by atoms with Gasteiger partial charge in [0.25, 0.3) is 5.56 Å². The molecule has 0 fully saturated rings. The van der Waals surface area contributed by atoms with E-state index in [1.807, 2.05) is 6.92 Å². The van der Waals surface area contributed by atoms with Crippen molar-refractivity contribution in [3.05, 3.63) is 34.1 Å². The Morgan fingerprint density at radius 1 is 1.29 bits per heavy atom. The number of thioether (sulfide) groups is 1. The number of fused-ring (bicyclic) bond motifs is 1. The van der Waals surface area contributed by atoms with Gasteiger partial charge in [-0.05, 0) is 24.6 Å². The van der Waals surface area contributed by atoms with Crippen LogP contribution in [-0.4, -0.2) is 54.6 Å². The Bertz CT molecular complexity index is 897. The van der Waals surface area contributed by atoms with Crippen molar-refractivity contribution in [1.29, 1.82) is 0 Å². The maximum atomic E-state index is 12.9. The number of methoxy groups -OCH3 is 2. The van der Waals surface area contributed by atoms with Gasteiger partial charge in [0.05, 0.1) is 35.9 Å². The highest BCUT2D eigenvalue weighted by molar-refractivity contribution is 7.99. The Morgan fingerprint density at radius 2 is 2.07 bits per heavy atom. The van der Waals surface area contributed by atoms with Crippen LogP contribution in [0.1, 0.15) is 30.1 Å². The fraction of sp³-hybridized carbons (Fsp3) is 0.474. The Morgan fingerprint density at radius 3 is 2.75 bits per heavy atom. The zero-order valence-electron chi connectivity index (χ0n) is 16.3. The number of hydrogen-bond donors (Lipinski definition) is 1. The topological polar surface area (TPSA) is 99.5 Å². The minimum absolute atomic E-state index is 0.129. The van der Waals surface area contributed by atoms with Crippen molar-refractivity contribution in [3.63, 3.8) is 0 Å². The highest BCUT2D eigenvalue weighted by atomic mass is 32.2. The van der Waals surface area contributed by atoms with E-state index in [9.17, 15) is 14.4 Å². The summed E-state index contributed by atoms with van der Waals surface area (Å²) < 4.78 is 11.2. The molecular formula is C19H25N3O5S. The van der Waals surface area contributed by atoms with Crippen LogP contribution in [0.15, 0.2) is 28.2 Å². The first-order chi connectivity index (χ1) is 13.5. The molecule has 0 saturated carbocycles. The average Bonchev–Trinajstić information content (AvgIpc) is 2.71. The Hall–Kier alpha value is -2.39. The van der Waals surface area contributed by atoms with Crippen molar-refractivity contribution < 1.29 is 19.1 Å². The van der Waals surface area contributed by atoms with E-state index in [4.69, 9.17) is 9.47 Å². The summed E-state index contributed by atoms with van der Waals surface area (Å²) in [7, 11) is 2.86. The number of benzene rings is 1. The van der Waals surface area contributed by atoms with Crippen LogP contribution in [0, 0.1) is 0 Å². The first kappa shape index (κ1) is 21.9. The molecule has 2 rings (SSSR count). The summed E-state index contributed by atoms with van der Waals surface area (Å²) in [5.41, 5.74) is 0.543. The van der Waals surface area contributed by atoms with Crippen molar-refractivity contribution >= 4 is 34.5 Å². The van der Waals surface area contributed by atoms with Gasteiger partial charge in [-0.15, -0.1) is 0 Å². The van der Waals surface area contributed by atoms with Gasteiger partial charge in [0, 0.05) is 20.2 Å². The first-order valence-corrected chi connectivity index (χ1v) is 10.0. The molecule has 0 aliphatic rings. The van der Waals surface area contributed by atoms with Gasteiger partial charge >= 0.3 is 5.97 Å². The molecule has 0 saturated heterocycles. The van der Waals surface area contributed by atoms with Gasteiger partial charge in [-0.25, -0.2) is 9.78 Å². The maximum Gasteiger partial charge on any atom is 0.337 e. The van der Waals surface area contributed by atoms with Crippen LogP contribution in [0.4, 0.5) is 0 Å². The van der Waals surface area contributed by atoms with Crippen LogP contribution in [0.25, 0.3) is 10.9 Å². The summed E-state index contributed by atoms with van der Waals surface area (Å²) in [5.74, 6) is -0.530. The number of esters is 1. The maximum absolute atomic E-state index is 12.9. The number of amides is 1. The van der Waals surface area contributed by atoms with Crippen molar-refractivity contribution in [1.82, 2.24) is 14.9 Å². The third-order valence-electron chi connectivity index (χ3n) is 4.04. The third-order valence-corrected chi connectivity index (χ3v) is 5.01. The second-order valence-corrected chi connectivity index (χ2v) is 7.00. The zero-order chi connectivity index (χ0) is 20.5. The van der Waals surface area contributed by atoms with Crippen molar-refractivity contribution in [2.45, 2.75) is 31.5 Å². The first-order valence-electron chi connectivity index (χ1n) is 9.03. The van der Waals surface area contributed by atoms with E-state index in [1.165, 1.54) is 24.9 Å².